The SMILES string of the molecule is Cc1nc2cccc(-c3cc4c([nH]3)CCNC4=O)c2nc1Cl.Cc1nc2cccc(C(=O)CBr)c2nc1Cl.O=C1CCCC(=O)C1. The Hall–Kier alpha value is -4.06. The summed E-state index contributed by atoms with van der Waals surface area (Å²) < 4.78 is 0. The number of ketones is 3. The Kier molecular flexibility index (Phi) is 10.6. The van der Waals surface area contributed by atoms with Gasteiger partial charge in [-0.1, -0.05) is 57.3 Å². The van der Waals surface area contributed by atoms with Crippen molar-refractivity contribution >= 4 is 84.5 Å². The second kappa shape index (κ2) is 14.6. The van der Waals surface area contributed by atoms with Crippen molar-refractivity contribution in [3.8, 4) is 11.3 Å². The first-order chi connectivity index (χ1) is 22.0. The van der Waals surface area contributed by atoms with Crippen LogP contribution in [0.5, 0.6) is 0 Å². The summed E-state index contributed by atoms with van der Waals surface area (Å²) in [6.07, 6.45) is 3.01. The van der Waals surface area contributed by atoms with Gasteiger partial charge in [-0.3, -0.25) is 19.2 Å². The number of fused-ring (bicyclic) bond motifs is 3. The lowest BCUT2D eigenvalue weighted by atomic mass is 9.98. The second-order valence-electron chi connectivity index (χ2n) is 10.8. The maximum Gasteiger partial charge on any atom is 0.253 e. The zero-order valence-electron chi connectivity index (χ0n) is 25.0. The van der Waals surface area contributed by atoms with E-state index in [1.807, 2.05) is 37.3 Å². The summed E-state index contributed by atoms with van der Waals surface area (Å²) in [4.78, 5) is 65.2. The third-order valence-corrected chi connectivity index (χ3v) is 8.67. The topological polar surface area (TPSA) is 148 Å². The van der Waals surface area contributed by atoms with Crippen molar-refractivity contribution < 1.29 is 19.2 Å². The fourth-order valence-electron chi connectivity index (χ4n) is 5.12. The van der Waals surface area contributed by atoms with Gasteiger partial charge in [-0.05, 0) is 44.5 Å². The van der Waals surface area contributed by atoms with Crippen LogP contribution in [0.1, 0.15) is 63.5 Å². The van der Waals surface area contributed by atoms with E-state index in [2.05, 4.69) is 46.2 Å². The third kappa shape index (κ3) is 7.49. The highest BCUT2D eigenvalue weighted by atomic mass is 79.9. The third-order valence-electron chi connectivity index (χ3n) is 7.44. The number of halogens is 3. The number of nitrogens with zero attached hydrogens (tertiary/aromatic N) is 4. The molecule has 4 heterocycles. The smallest absolute Gasteiger partial charge is 0.253 e. The number of benzene rings is 2. The molecule has 7 rings (SSSR count). The molecule has 13 heteroatoms. The van der Waals surface area contributed by atoms with Crippen molar-refractivity contribution in [3.63, 3.8) is 0 Å². The van der Waals surface area contributed by atoms with Crippen LogP contribution in [0.4, 0.5) is 0 Å². The normalized spacial score (nSPS) is 14.2. The minimum absolute atomic E-state index is 0.0279. The maximum atomic E-state index is 11.9. The molecule has 2 N–H and O–H groups in total. The van der Waals surface area contributed by atoms with Crippen LogP contribution in [0, 0.1) is 13.8 Å². The molecule has 0 radical (unpaired) electrons. The van der Waals surface area contributed by atoms with E-state index in [0.29, 0.717) is 63.2 Å². The summed E-state index contributed by atoms with van der Waals surface area (Å²) in [7, 11) is 0. The Morgan fingerprint density at radius 3 is 2.02 bits per heavy atom. The number of aromatic amines is 1. The Labute approximate surface area is 282 Å². The van der Waals surface area contributed by atoms with Crippen molar-refractivity contribution in [2.45, 2.75) is 46.0 Å². The number of Topliss-reactive ketones (excluding diaryl/α,β-unsaturated/α-hetero) is 3. The summed E-state index contributed by atoms with van der Waals surface area (Å²) in [5.74, 6) is 0.159. The van der Waals surface area contributed by atoms with E-state index < -0.39 is 0 Å². The van der Waals surface area contributed by atoms with Gasteiger partial charge in [0.25, 0.3) is 5.91 Å². The van der Waals surface area contributed by atoms with Crippen molar-refractivity contribution in [1.82, 2.24) is 30.2 Å². The van der Waals surface area contributed by atoms with Gasteiger partial charge < -0.3 is 10.3 Å². The monoisotopic (exact) mass is 722 g/mol. The molecule has 0 unspecified atom stereocenters. The lowest BCUT2D eigenvalue weighted by molar-refractivity contribution is -0.129. The van der Waals surface area contributed by atoms with Crippen LogP contribution < -0.4 is 5.32 Å². The highest BCUT2D eigenvalue weighted by Gasteiger charge is 2.21. The first kappa shape index (κ1) is 33.3. The highest BCUT2D eigenvalue weighted by molar-refractivity contribution is 9.09. The van der Waals surface area contributed by atoms with E-state index >= 15 is 0 Å². The zero-order valence-corrected chi connectivity index (χ0v) is 28.1. The predicted octanol–water partition coefficient (Wildman–Crippen LogP) is 6.74. The summed E-state index contributed by atoms with van der Waals surface area (Å²) in [6, 6.07) is 13.0. The predicted molar refractivity (Wildman–Crippen MR) is 181 cm³/mol. The first-order valence-corrected chi connectivity index (χ1v) is 16.4. The van der Waals surface area contributed by atoms with Gasteiger partial charge in [-0.2, -0.15) is 0 Å². The number of hydrogen-bond donors (Lipinski definition) is 2. The fourth-order valence-corrected chi connectivity index (χ4v) is 5.68. The number of H-pyrrole nitrogens is 1. The average molecular weight is 724 g/mol. The number of nitrogens with one attached hydrogen (secondary N) is 2. The molecule has 1 saturated carbocycles. The number of aromatic nitrogens is 5. The van der Waals surface area contributed by atoms with Gasteiger partial charge in [-0.25, -0.2) is 19.9 Å². The fraction of sp³-hybridized carbons (Fsp3) is 0.273. The van der Waals surface area contributed by atoms with Crippen LogP contribution in [0.3, 0.4) is 0 Å². The van der Waals surface area contributed by atoms with Crippen LogP contribution in [0.25, 0.3) is 33.3 Å². The quantitative estimate of drug-likeness (QED) is 0.118. The molecule has 236 valence electrons. The maximum absolute atomic E-state index is 11.9. The van der Waals surface area contributed by atoms with Crippen molar-refractivity contribution in [1.29, 1.82) is 0 Å². The molecule has 10 nitrogen and oxygen atoms in total. The van der Waals surface area contributed by atoms with E-state index in [1.165, 1.54) is 0 Å². The molecule has 0 spiro atoms. The Bertz CT molecular complexity index is 2000. The van der Waals surface area contributed by atoms with Gasteiger partial charge in [-0.15, -0.1) is 0 Å². The average Bonchev–Trinajstić information content (AvgIpc) is 3.47. The van der Waals surface area contributed by atoms with Crippen molar-refractivity contribution in [3.05, 3.63) is 81.0 Å². The first-order valence-electron chi connectivity index (χ1n) is 14.5. The van der Waals surface area contributed by atoms with Crippen LogP contribution in [-0.2, 0) is 16.0 Å². The van der Waals surface area contributed by atoms with Gasteiger partial charge in [0.1, 0.15) is 17.1 Å². The van der Waals surface area contributed by atoms with E-state index in [4.69, 9.17) is 23.2 Å². The van der Waals surface area contributed by atoms with E-state index in [9.17, 15) is 19.2 Å². The molecular formula is C33H29BrCl2N6O4. The second-order valence-corrected chi connectivity index (χ2v) is 12.1. The molecule has 2 aliphatic rings. The molecule has 0 bridgehead atoms. The molecule has 1 aliphatic heterocycles. The summed E-state index contributed by atoms with van der Waals surface area (Å²) in [6.45, 7) is 4.28. The van der Waals surface area contributed by atoms with Gasteiger partial charge in [0.15, 0.2) is 16.1 Å². The van der Waals surface area contributed by atoms with Gasteiger partial charge in [0, 0.05) is 48.3 Å². The Balaban J connectivity index is 0.000000152. The molecule has 46 heavy (non-hydrogen) atoms. The minimum atomic E-state index is -0.0380. The van der Waals surface area contributed by atoms with Crippen molar-refractivity contribution in [2.75, 3.05) is 11.9 Å². The number of amides is 1. The molecule has 1 amide bonds. The number of carbonyl (C=O) groups is 4. The van der Waals surface area contributed by atoms with E-state index in [-0.39, 0.29) is 35.0 Å². The number of aryl methyl sites for hydroxylation is 2. The van der Waals surface area contributed by atoms with Crippen LogP contribution in [0.2, 0.25) is 10.3 Å². The molecule has 5 aromatic rings. The van der Waals surface area contributed by atoms with Crippen LogP contribution in [0.15, 0.2) is 42.5 Å². The summed E-state index contributed by atoms with van der Waals surface area (Å²) >= 11 is 15.2. The zero-order chi connectivity index (χ0) is 33.0. The largest absolute Gasteiger partial charge is 0.358 e. The molecular weight excluding hydrogens is 695 g/mol. The minimum Gasteiger partial charge on any atom is -0.358 e. The lowest BCUT2D eigenvalue weighted by Gasteiger charge is -2.11. The Morgan fingerprint density at radius 2 is 1.43 bits per heavy atom. The number of carbonyl (C=O) groups excluding carboxylic acids is 4. The number of alkyl halides is 1. The van der Waals surface area contributed by atoms with E-state index in [0.717, 1.165) is 40.8 Å². The van der Waals surface area contributed by atoms with E-state index in [1.54, 1.807) is 19.1 Å². The standard InChI is InChI=1S/C16H13ClN4O.C11H8BrClN2O.C6H8O2/c1-8-15(17)21-14-9(3-2-4-12(14)19-8)13-7-10-11(20-13)5-6-18-16(10)22;1-6-11(13)15-10-7(9(16)5-12)3-2-4-8(10)14-6;7-5-2-1-3-6(8)4-5/h2-4,7,20H,5-6H2,1H3,(H,18,22);2-4H,5H2,1H3;1-4H2. The lowest BCUT2D eigenvalue weighted by Crippen LogP contribution is -2.31. The van der Waals surface area contributed by atoms with Gasteiger partial charge in [0.05, 0.1) is 45.3 Å². The molecule has 1 aliphatic carbocycles. The highest BCUT2D eigenvalue weighted by Crippen LogP contribution is 2.30. The Morgan fingerprint density at radius 1 is 0.826 bits per heavy atom. The molecule has 2 aromatic carbocycles. The number of rotatable bonds is 3. The van der Waals surface area contributed by atoms with Gasteiger partial charge in [0.2, 0.25) is 0 Å². The molecule has 3 aromatic heterocycles. The summed E-state index contributed by atoms with van der Waals surface area (Å²) in [5.41, 5.74) is 8.10. The molecule has 0 saturated heterocycles. The molecule has 1 fully saturated rings. The van der Waals surface area contributed by atoms with Crippen LogP contribution >= 0.6 is 39.1 Å². The van der Waals surface area contributed by atoms with Crippen LogP contribution in [-0.4, -0.2) is 60.1 Å². The molecule has 0 atom stereocenters. The number of para-hydroxylation sites is 2. The summed E-state index contributed by atoms with van der Waals surface area (Å²) in [5, 5.41) is 3.84. The van der Waals surface area contributed by atoms with Gasteiger partial charge >= 0.3 is 0 Å². The van der Waals surface area contributed by atoms with Crippen molar-refractivity contribution in [2.24, 2.45) is 0 Å². The number of hydrogen-bond acceptors (Lipinski definition) is 8.